The van der Waals surface area contributed by atoms with Gasteiger partial charge in [-0.1, -0.05) is 48.5 Å². The molecule has 48 valence electrons. The Morgan fingerprint density at radius 2 is 1.40 bits per heavy atom. The fraction of sp³-hybridized carbons (Fsp3) is 0. The summed E-state index contributed by atoms with van der Waals surface area (Å²) in [5.41, 5.74) is 0. The van der Waals surface area contributed by atoms with Crippen molar-refractivity contribution in [3.8, 4) is 0 Å². The maximum Gasteiger partial charge on any atom is 0.0623 e. The van der Waals surface area contributed by atoms with Gasteiger partial charge in [0.1, 0.15) is 0 Å². The lowest BCUT2D eigenvalue weighted by atomic mass is 10.1. The van der Waals surface area contributed by atoms with Gasteiger partial charge < -0.3 is 0 Å². The molecular formula is C10H8. The van der Waals surface area contributed by atoms with Gasteiger partial charge in [-0.05, 0) is 10.8 Å². The molecule has 0 atom stereocenters. The standard InChI is InChI=1S/C10H8/c1-2-6-10-8-4-3-7-9(10)5-1/h1-8H/i1T. The average molecular weight is 130 g/mol. The van der Waals surface area contributed by atoms with Crippen LogP contribution >= 0.6 is 0 Å². The summed E-state index contributed by atoms with van der Waals surface area (Å²) in [6, 6.07) is 14.3. The van der Waals surface area contributed by atoms with E-state index in [1.54, 1.807) is 0 Å². The molecule has 0 unspecified atom stereocenters. The van der Waals surface area contributed by atoms with E-state index in [9.17, 15) is 0 Å². The Balaban J connectivity index is 2.83. The molecule has 0 saturated heterocycles. The van der Waals surface area contributed by atoms with E-state index in [-0.39, 0.29) is 0 Å². The van der Waals surface area contributed by atoms with Crippen LogP contribution in [0.3, 0.4) is 0 Å². The highest BCUT2D eigenvalue weighted by Crippen LogP contribution is 2.11. The van der Waals surface area contributed by atoms with Gasteiger partial charge in [0.05, 0.1) is 1.37 Å². The molecule has 0 aliphatic heterocycles. The second kappa shape index (κ2) is 2.14. The minimum absolute atomic E-state index is 0.573. The molecule has 10 heavy (non-hydrogen) atoms. The van der Waals surface area contributed by atoms with Crippen LogP contribution < -0.4 is 0 Å². The smallest absolute Gasteiger partial charge is 0.0616 e. The summed E-state index contributed by atoms with van der Waals surface area (Å²) in [6.45, 7) is 0. The predicted molar refractivity (Wildman–Crippen MR) is 43.9 cm³/mol. The van der Waals surface area contributed by atoms with E-state index >= 15 is 0 Å². The Labute approximate surface area is 61.5 Å². The van der Waals surface area contributed by atoms with Gasteiger partial charge in [-0.2, -0.15) is 0 Å². The molecule has 0 amide bonds. The van der Waals surface area contributed by atoms with E-state index in [4.69, 9.17) is 1.37 Å². The van der Waals surface area contributed by atoms with E-state index in [1.165, 1.54) is 5.39 Å². The molecule has 0 N–H and O–H groups in total. The second-order valence-electron chi connectivity index (χ2n) is 2.27. The second-order valence-corrected chi connectivity index (χ2v) is 2.27. The molecule has 0 bridgehead atoms. The van der Waals surface area contributed by atoms with Gasteiger partial charge in [-0.3, -0.25) is 0 Å². The van der Waals surface area contributed by atoms with Crippen molar-refractivity contribution >= 4 is 10.8 Å². The van der Waals surface area contributed by atoms with Gasteiger partial charge in [0.25, 0.3) is 0 Å². The fourth-order valence-corrected chi connectivity index (χ4v) is 1.07. The van der Waals surface area contributed by atoms with Gasteiger partial charge in [0.2, 0.25) is 0 Å². The zero-order valence-corrected chi connectivity index (χ0v) is 5.54. The average Bonchev–Trinajstić information content (AvgIpc) is 2.04. The molecule has 0 heterocycles. The Hall–Kier alpha value is -1.30. The number of hydrogen-bond donors (Lipinski definition) is 0. The van der Waals surface area contributed by atoms with Crippen LogP contribution in [0.4, 0.5) is 0 Å². The number of benzene rings is 2. The number of rotatable bonds is 0. The topological polar surface area (TPSA) is 0 Å². The van der Waals surface area contributed by atoms with Crippen LogP contribution in [0.1, 0.15) is 1.37 Å². The first-order chi connectivity index (χ1) is 5.36. The van der Waals surface area contributed by atoms with Crippen molar-refractivity contribution in [3.63, 3.8) is 0 Å². The van der Waals surface area contributed by atoms with Crippen LogP contribution in [-0.2, 0) is 0 Å². The van der Waals surface area contributed by atoms with Crippen molar-refractivity contribution in [1.29, 1.82) is 0 Å². The zero-order chi connectivity index (χ0) is 7.68. The molecule has 2 rings (SSSR count). The van der Waals surface area contributed by atoms with Crippen molar-refractivity contribution in [2.45, 2.75) is 0 Å². The molecule has 0 radical (unpaired) electrons. The van der Waals surface area contributed by atoms with Gasteiger partial charge in [0, 0.05) is 0 Å². The Morgan fingerprint density at radius 1 is 0.800 bits per heavy atom. The van der Waals surface area contributed by atoms with Crippen LogP contribution in [0.15, 0.2) is 48.5 Å². The molecule has 2 aromatic carbocycles. The SMILES string of the molecule is [3H]c1ccc2ccccc2c1. The molecule has 0 nitrogen and oxygen atoms in total. The van der Waals surface area contributed by atoms with E-state index in [1.807, 2.05) is 36.4 Å². The van der Waals surface area contributed by atoms with Crippen molar-refractivity contribution in [1.82, 2.24) is 0 Å². The third-order valence-electron chi connectivity index (χ3n) is 1.59. The molecule has 2 aromatic rings. The van der Waals surface area contributed by atoms with Crippen molar-refractivity contribution < 1.29 is 1.37 Å². The van der Waals surface area contributed by atoms with Crippen LogP contribution in [-0.4, -0.2) is 0 Å². The third-order valence-corrected chi connectivity index (χ3v) is 1.59. The fourth-order valence-electron chi connectivity index (χ4n) is 1.07. The van der Waals surface area contributed by atoms with E-state index in [2.05, 4.69) is 6.07 Å². The Kier molecular flexibility index (Phi) is 0.966. The summed E-state index contributed by atoms with van der Waals surface area (Å²) < 4.78 is 7.38. The minimum atomic E-state index is 0.573. The third kappa shape index (κ3) is 0.781. The lowest BCUT2D eigenvalue weighted by Gasteiger charge is -1.92. The summed E-state index contributed by atoms with van der Waals surface area (Å²) in [5, 5.41) is 2.34. The zero-order valence-electron chi connectivity index (χ0n) is 6.54. The molecule has 0 heteroatoms. The molecule has 0 spiro atoms. The van der Waals surface area contributed by atoms with Gasteiger partial charge in [0.15, 0.2) is 0 Å². The highest BCUT2D eigenvalue weighted by Gasteiger charge is 1.85. The Bertz CT molecular complexity index is 379. The van der Waals surface area contributed by atoms with Crippen LogP contribution in [0, 0.1) is 0 Å². The minimum Gasteiger partial charge on any atom is -0.0616 e. The first-order valence-electron chi connectivity index (χ1n) is 3.82. The van der Waals surface area contributed by atoms with Gasteiger partial charge >= 0.3 is 0 Å². The maximum absolute atomic E-state index is 7.38. The van der Waals surface area contributed by atoms with Crippen molar-refractivity contribution in [2.24, 2.45) is 0 Å². The summed E-state index contributed by atoms with van der Waals surface area (Å²) in [7, 11) is 0. The maximum atomic E-state index is 7.38. The number of fused-ring (bicyclic) bond motifs is 1. The summed E-state index contributed by atoms with van der Waals surface area (Å²) in [5.74, 6) is 0. The largest absolute Gasteiger partial charge is 0.0623 e. The molecule has 0 aromatic heterocycles. The molecule has 0 aliphatic carbocycles. The van der Waals surface area contributed by atoms with E-state index in [0.29, 0.717) is 6.04 Å². The molecular weight excluding hydrogens is 120 g/mol. The van der Waals surface area contributed by atoms with E-state index in [0.717, 1.165) is 5.39 Å². The normalized spacial score (nSPS) is 11.4. The predicted octanol–water partition coefficient (Wildman–Crippen LogP) is 2.84. The monoisotopic (exact) mass is 130 g/mol. The highest BCUT2D eigenvalue weighted by atomic mass is 13.9. The van der Waals surface area contributed by atoms with Gasteiger partial charge in [-0.25, -0.2) is 0 Å². The summed E-state index contributed by atoms with van der Waals surface area (Å²) in [6.07, 6.45) is 0. The van der Waals surface area contributed by atoms with Crippen molar-refractivity contribution in [3.05, 3.63) is 48.5 Å². The first kappa shape index (κ1) is 4.51. The van der Waals surface area contributed by atoms with Crippen LogP contribution in [0.5, 0.6) is 0 Å². The Morgan fingerprint density at radius 3 is 2.20 bits per heavy atom. The molecule has 0 fully saturated rings. The first-order valence-corrected chi connectivity index (χ1v) is 3.32. The molecule has 0 saturated carbocycles. The lowest BCUT2D eigenvalue weighted by Crippen LogP contribution is -1.67. The lowest BCUT2D eigenvalue weighted by molar-refractivity contribution is 1.75. The van der Waals surface area contributed by atoms with Crippen LogP contribution in [0.2, 0.25) is 0 Å². The quantitative estimate of drug-likeness (QED) is 0.514. The summed E-state index contributed by atoms with van der Waals surface area (Å²) in [4.78, 5) is 0. The summed E-state index contributed by atoms with van der Waals surface area (Å²) >= 11 is 0. The highest BCUT2D eigenvalue weighted by molar-refractivity contribution is 5.81. The van der Waals surface area contributed by atoms with E-state index < -0.39 is 0 Å². The molecule has 0 aliphatic rings. The van der Waals surface area contributed by atoms with Crippen molar-refractivity contribution in [2.75, 3.05) is 0 Å². The number of hydrogen-bond acceptors (Lipinski definition) is 0. The van der Waals surface area contributed by atoms with Crippen LogP contribution in [0.25, 0.3) is 10.8 Å². The van der Waals surface area contributed by atoms with Gasteiger partial charge in [-0.15, -0.1) is 0 Å².